The van der Waals surface area contributed by atoms with Crippen molar-refractivity contribution in [3.8, 4) is 50.2 Å². The van der Waals surface area contributed by atoms with Crippen molar-refractivity contribution in [1.82, 2.24) is 9.88 Å². The Morgan fingerprint density at radius 2 is 0.929 bits per heavy atom. The van der Waals surface area contributed by atoms with E-state index in [-0.39, 0.29) is 6.04 Å². The number of para-hydroxylation sites is 2. The van der Waals surface area contributed by atoms with Crippen LogP contribution in [0.4, 0.5) is 5.69 Å². The van der Waals surface area contributed by atoms with E-state index < -0.39 is 0 Å². The predicted octanol–water partition coefficient (Wildman–Crippen LogP) is 17.1. The minimum absolute atomic E-state index is 0.139. The topological polar surface area (TPSA) is 55.0 Å². The molecule has 4 N–H and O–H groups in total. The second-order valence-corrected chi connectivity index (χ2v) is 17.2. The minimum atomic E-state index is 0.139. The van der Waals surface area contributed by atoms with Gasteiger partial charge < -0.3 is 20.9 Å². The fourth-order valence-corrected chi connectivity index (χ4v) is 8.59. The van der Waals surface area contributed by atoms with E-state index in [0.29, 0.717) is 0 Å². The van der Waals surface area contributed by atoms with Gasteiger partial charge in [0.2, 0.25) is 0 Å². The summed E-state index contributed by atoms with van der Waals surface area (Å²) in [5.74, 6) is 0. The zero-order valence-corrected chi connectivity index (χ0v) is 41.7. The first-order valence-electron chi connectivity index (χ1n) is 24.2. The third kappa shape index (κ3) is 12.1. The molecule has 1 unspecified atom stereocenters. The van der Waals surface area contributed by atoms with Crippen molar-refractivity contribution in [2.24, 2.45) is 5.73 Å². The van der Waals surface area contributed by atoms with Crippen LogP contribution in [0.5, 0.6) is 0 Å². The molecular formula is C66H66N4. The highest BCUT2D eigenvalue weighted by Crippen LogP contribution is 2.38. The Balaban J connectivity index is 0.000000173. The third-order valence-electron chi connectivity index (χ3n) is 12.7. The van der Waals surface area contributed by atoms with Gasteiger partial charge in [-0.1, -0.05) is 182 Å². The lowest BCUT2D eigenvalue weighted by Crippen LogP contribution is -2.14. The van der Waals surface area contributed by atoms with E-state index in [9.17, 15) is 0 Å². The van der Waals surface area contributed by atoms with E-state index in [2.05, 4.69) is 248 Å². The summed E-state index contributed by atoms with van der Waals surface area (Å²) >= 11 is 0. The smallest absolute Gasteiger partial charge is 0.0541 e. The largest absolute Gasteiger partial charge is 0.405 e. The molecule has 0 saturated carbocycles. The fraction of sp³-hybridized carbons (Fsp3) is 0.121. The molecule has 10 aromatic rings. The summed E-state index contributed by atoms with van der Waals surface area (Å²) in [5.41, 5.74) is 25.3. The van der Waals surface area contributed by atoms with Crippen LogP contribution in [0.1, 0.15) is 42.1 Å². The van der Waals surface area contributed by atoms with E-state index >= 15 is 0 Å². The highest BCUT2D eigenvalue weighted by Gasteiger charge is 2.15. The maximum absolute atomic E-state index is 5.51. The Morgan fingerprint density at radius 3 is 1.53 bits per heavy atom. The van der Waals surface area contributed by atoms with E-state index in [0.717, 1.165) is 5.69 Å². The number of aryl methyl sites for hydroxylation is 3. The van der Waals surface area contributed by atoms with Crippen molar-refractivity contribution in [2.75, 3.05) is 19.4 Å². The normalized spacial score (nSPS) is 11.3. The van der Waals surface area contributed by atoms with Crippen LogP contribution < -0.4 is 16.4 Å². The Morgan fingerprint density at radius 1 is 0.429 bits per heavy atom. The molecule has 1 aromatic heterocycles. The number of hydrogen-bond acceptors (Lipinski definition) is 3. The predicted molar refractivity (Wildman–Crippen MR) is 305 cm³/mol. The van der Waals surface area contributed by atoms with E-state index in [1.807, 2.05) is 52.2 Å². The van der Waals surface area contributed by atoms with Gasteiger partial charge in [0.05, 0.1) is 17.1 Å². The van der Waals surface area contributed by atoms with Gasteiger partial charge >= 0.3 is 0 Å². The summed E-state index contributed by atoms with van der Waals surface area (Å²) in [5, 5.41) is 9.16. The first kappa shape index (κ1) is 49.7. The van der Waals surface area contributed by atoms with Crippen molar-refractivity contribution in [1.29, 1.82) is 0 Å². The first-order valence-corrected chi connectivity index (χ1v) is 24.2. The number of rotatable bonds is 9. The third-order valence-corrected chi connectivity index (χ3v) is 12.7. The second kappa shape index (κ2) is 24.7. The van der Waals surface area contributed by atoms with Gasteiger partial charge in [-0.05, 0) is 164 Å². The molecule has 0 spiro atoms. The van der Waals surface area contributed by atoms with Crippen LogP contribution in [0.3, 0.4) is 0 Å². The number of hydrogen-bond donors (Lipinski definition) is 3. The zero-order chi connectivity index (χ0) is 49.2. The Hall–Kier alpha value is -8.18. The highest BCUT2D eigenvalue weighted by molar-refractivity contribution is 6.10. The van der Waals surface area contributed by atoms with Crippen LogP contribution in [0.25, 0.3) is 72.0 Å². The molecule has 1 atom stereocenters. The van der Waals surface area contributed by atoms with Gasteiger partial charge in [0.1, 0.15) is 0 Å². The summed E-state index contributed by atoms with van der Waals surface area (Å²) in [4.78, 5) is 0. The molecule has 1 heterocycles. The lowest BCUT2D eigenvalue weighted by atomic mass is 9.94. The lowest BCUT2D eigenvalue weighted by Gasteiger charge is -2.14. The molecule has 10 rings (SSSR count). The monoisotopic (exact) mass is 915 g/mol. The Bertz CT molecular complexity index is 3260. The first-order chi connectivity index (χ1) is 34.3. The van der Waals surface area contributed by atoms with Gasteiger partial charge in [0, 0.05) is 34.8 Å². The van der Waals surface area contributed by atoms with Gasteiger partial charge in [0.25, 0.3) is 0 Å². The van der Waals surface area contributed by atoms with E-state index in [4.69, 9.17) is 5.73 Å². The maximum atomic E-state index is 5.51. The van der Waals surface area contributed by atoms with Crippen LogP contribution in [-0.2, 0) is 0 Å². The summed E-state index contributed by atoms with van der Waals surface area (Å²) in [6.07, 6.45) is 7.53. The zero-order valence-electron chi connectivity index (χ0n) is 41.7. The number of allylic oxidation sites excluding steroid dienone is 2. The number of aromatic nitrogens is 1. The van der Waals surface area contributed by atoms with Gasteiger partial charge in [-0.2, -0.15) is 0 Å². The molecule has 9 aromatic carbocycles. The standard InChI is InChI=1S/C32H26N2.C22H22N2.C8H10.C4H8/c1-22-10-6-7-13-26(22)28-20-23(16-18-30(28)33-2)24-17-19-32-29(21-24)27-14-8-9-15-31(27)34(32)25-11-4-3-5-12-25;1-24-22(14-15-23)19-12-10-18(11-13-19)21-9-5-8-20(16-21)17-6-3-2-4-7-17;1-7-5-3-4-6-8(7)2;1-3-4-2/h3-21,33H,1-2H3;2-16,22,24H,23H2,1H3;3-6H,1-2H3;3-4H,1-2H3/b;15-14-;;4-3-. The van der Waals surface area contributed by atoms with E-state index in [1.165, 1.54) is 94.3 Å². The molecule has 0 amide bonds. The average Bonchev–Trinajstić information content (AvgIpc) is 3.76. The van der Waals surface area contributed by atoms with Gasteiger partial charge in [-0.3, -0.25) is 0 Å². The summed E-state index contributed by atoms with van der Waals surface area (Å²) in [6, 6.07) is 77.6. The number of nitrogens with zero attached hydrogens (tertiary/aromatic N) is 1. The molecule has 4 heteroatoms. The van der Waals surface area contributed by atoms with Crippen LogP contribution in [0.2, 0.25) is 0 Å². The molecule has 0 fully saturated rings. The maximum Gasteiger partial charge on any atom is 0.0541 e. The lowest BCUT2D eigenvalue weighted by molar-refractivity contribution is 0.713. The number of nitrogens with two attached hydrogens (primary N) is 1. The SMILES string of the molecule is C/C=C\C.CNC(/C=C\N)c1ccc(-c2cccc(-c3ccccc3)c2)cc1.CNc1ccc(-c2ccc3c(c2)c2ccccc2n3-c2ccccc2)cc1-c1ccccc1C.Cc1ccccc1C. The number of nitrogens with one attached hydrogen (secondary N) is 2. The summed E-state index contributed by atoms with van der Waals surface area (Å²) < 4.78 is 2.36. The molecule has 0 aliphatic heterocycles. The minimum Gasteiger partial charge on any atom is -0.405 e. The van der Waals surface area contributed by atoms with Crippen molar-refractivity contribution in [3.63, 3.8) is 0 Å². The van der Waals surface area contributed by atoms with Crippen LogP contribution >= 0.6 is 0 Å². The van der Waals surface area contributed by atoms with Gasteiger partial charge in [-0.25, -0.2) is 0 Å². The molecular weight excluding hydrogens is 849 g/mol. The number of likely N-dealkylation sites (N-methyl/N-ethyl adjacent to an activating group) is 1. The molecule has 0 aliphatic carbocycles. The molecule has 4 nitrogen and oxygen atoms in total. The molecule has 0 saturated heterocycles. The average molecular weight is 915 g/mol. The van der Waals surface area contributed by atoms with Crippen molar-refractivity contribution >= 4 is 27.5 Å². The molecule has 0 radical (unpaired) electrons. The summed E-state index contributed by atoms with van der Waals surface area (Å²) in [6.45, 7) is 10.4. The number of fused-ring (bicyclic) bond motifs is 3. The molecule has 70 heavy (non-hydrogen) atoms. The van der Waals surface area contributed by atoms with Crippen molar-refractivity contribution in [3.05, 3.63) is 265 Å². The Kier molecular flexibility index (Phi) is 17.6. The Labute approximate surface area is 416 Å². The van der Waals surface area contributed by atoms with Gasteiger partial charge in [0.15, 0.2) is 0 Å². The molecule has 0 bridgehead atoms. The van der Waals surface area contributed by atoms with Crippen LogP contribution in [-0.4, -0.2) is 18.7 Å². The molecule has 0 aliphatic rings. The van der Waals surface area contributed by atoms with Crippen LogP contribution in [0, 0.1) is 20.8 Å². The van der Waals surface area contributed by atoms with Gasteiger partial charge in [-0.15, -0.1) is 0 Å². The van der Waals surface area contributed by atoms with Crippen molar-refractivity contribution in [2.45, 2.75) is 40.7 Å². The number of benzene rings is 9. The fourth-order valence-electron chi connectivity index (χ4n) is 8.59. The second-order valence-electron chi connectivity index (χ2n) is 17.2. The van der Waals surface area contributed by atoms with Crippen LogP contribution in [0.15, 0.2) is 243 Å². The highest BCUT2D eigenvalue weighted by atomic mass is 15.0. The summed E-state index contributed by atoms with van der Waals surface area (Å²) in [7, 11) is 3.92. The molecule has 350 valence electrons. The van der Waals surface area contributed by atoms with E-state index in [1.54, 1.807) is 6.20 Å². The quantitative estimate of drug-likeness (QED) is 0.126. The number of anilines is 1. The van der Waals surface area contributed by atoms with Crippen molar-refractivity contribution < 1.29 is 0 Å².